The second kappa shape index (κ2) is 16.3. The predicted octanol–water partition coefficient (Wildman–Crippen LogP) is 3.66. The summed E-state index contributed by atoms with van der Waals surface area (Å²) in [5.74, 6) is -0.231. The Morgan fingerprint density at radius 2 is 1.31 bits per heavy atom. The average Bonchev–Trinajstić information content (AvgIpc) is 2.74. The number of para-hydroxylation sites is 2. The molecule has 0 heterocycles. The van der Waals surface area contributed by atoms with Crippen LogP contribution in [0.25, 0.3) is 0 Å². The molecule has 0 fully saturated rings. The molecule has 2 aromatic rings. The van der Waals surface area contributed by atoms with Crippen molar-refractivity contribution >= 4 is 10.1 Å². The van der Waals surface area contributed by atoms with Crippen LogP contribution in [-0.4, -0.2) is 13.0 Å². The number of aryl methyl sites for hydroxylation is 1. The second-order valence-electron chi connectivity index (χ2n) is 8.05. The van der Waals surface area contributed by atoms with Crippen LogP contribution < -0.4 is 61.2 Å². The van der Waals surface area contributed by atoms with E-state index in [1.807, 2.05) is 0 Å². The van der Waals surface area contributed by atoms with Crippen molar-refractivity contribution in [3.8, 4) is 17.2 Å². The van der Waals surface area contributed by atoms with E-state index in [4.69, 9.17) is 4.74 Å². The van der Waals surface area contributed by atoms with Crippen molar-refractivity contribution < 1.29 is 74.2 Å². The smallest absolute Gasteiger partial charge is 0.870 e. The van der Waals surface area contributed by atoms with E-state index in [0.29, 0.717) is 12.0 Å². The minimum Gasteiger partial charge on any atom is -0.870 e. The summed E-state index contributed by atoms with van der Waals surface area (Å²) in [4.78, 5) is -0.356. The number of rotatable bonds is 15. The van der Waals surface area contributed by atoms with Gasteiger partial charge in [0.15, 0.2) is 0 Å². The molecule has 32 heavy (non-hydrogen) atoms. The van der Waals surface area contributed by atoms with Crippen LogP contribution in [0.5, 0.6) is 17.2 Å². The zero-order valence-electron chi connectivity index (χ0n) is 19.5. The fourth-order valence-corrected chi connectivity index (χ4v) is 4.30. The fourth-order valence-electron chi connectivity index (χ4n) is 3.68. The maximum absolute atomic E-state index is 12.7. The van der Waals surface area contributed by atoms with Crippen LogP contribution in [0.4, 0.5) is 0 Å². The van der Waals surface area contributed by atoms with Gasteiger partial charge in [-0.3, -0.25) is 4.55 Å². The van der Waals surface area contributed by atoms with Gasteiger partial charge in [-0.1, -0.05) is 107 Å². The van der Waals surface area contributed by atoms with E-state index in [0.717, 1.165) is 12.8 Å². The van der Waals surface area contributed by atoms with Gasteiger partial charge in [0.05, 0.1) is 0 Å². The van der Waals surface area contributed by atoms with E-state index >= 15 is 0 Å². The summed E-state index contributed by atoms with van der Waals surface area (Å²) < 4.78 is 38.0. The predicted molar refractivity (Wildman–Crippen MR) is 122 cm³/mol. The van der Waals surface area contributed by atoms with E-state index < -0.39 is 10.1 Å². The first-order chi connectivity index (χ1) is 14.9. The molecule has 0 aliphatic rings. The molecule has 0 saturated carbocycles. The number of benzene rings is 2. The van der Waals surface area contributed by atoms with Gasteiger partial charge in [-0.2, -0.15) is 8.42 Å². The molecule has 0 saturated heterocycles. The van der Waals surface area contributed by atoms with Crippen molar-refractivity contribution in [2.75, 3.05) is 0 Å². The van der Waals surface area contributed by atoms with Crippen molar-refractivity contribution in [1.29, 1.82) is 0 Å². The Labute approximate surface area is 236 Å². The molecule has 0 amide bonds. The summed E-state index contributed by atoms with van der Waals surface area (Å²) >= 11 is 0. The van der Waals surface area contributed by atoms with E-state index in [-0.39, 0.29) is 73.5 Å². The third-order valence-corrected chi connectivity index (χ3v) is 6.35. The minimum absolute atomic E-state index is 0. The summed E-state index contributed by atoms with van der Waals surface area (Å²) in [6.07, 6.45) is 14.4. The standard InChI is InChI=1S/C25H36O5S.K/c1-2-3-4-5-6-7-8-9-10-11-12-16-21-17-15-19-23(25(21)26)30-22-18-13-14-20-24(22)31(27,28)29;/h13-15,17-20,26H,2-12,16H2,1H3,(H,27,28,29);/q;+1/p-1. The van der Waals surface area contributed by atoms with Crippen molar-refractivity contribution in [1.82, 2.24) is 0 Å². The first-order valence-corrected chi connectivity index (χ1v) is 12.9. The molecule has 0 bridgehead atoms. The van der Waals surface area contributed by atoms with Gasteiger partial charge in [0.25, 0.3) is 10.1 Å². The van der Waals surface area contributed by atoms with Gasteiger partial charge in [-0.05, 0) is 31.0 Å². The van der Waals surface area contributed by atoms with Gasteiger partial charge in [0, 0.05) is 0 Å². The van der Waals surface area contributed by atoms with Gasteiger partial charge < -0.3 is 9.84 Å². The Balaban J connectivity index is 0.00000512. The van der Waals surface area contributed by atoms with Crippen LogP contribution >= 0.6 is 0 Å². The van der Waals surface area contributed by atoms with Crippen molar-refractivity contribution in [3.05, 3.63) is 48.0 Å². The Bertz CT molecular complexity index is 899. The average molecular weight is 487 g/mol. The van der Waals surface area contributed by atoms with Gasteiger partial charge >= 0.3 is 51.4 Å². The minimum atomic E-state index is -4.44. The molecule has 0 atom stereocenters. The Kier molecular flexibility index (Phi) is 15.0. The normalized spacial score (nSPS) is 11.2. The number of ether oxygens (including phenoxy) is 1. The van der Waals surface area contributed by atoms with Crippen molar-refractivity contribution in [3.63, 3.8) is 0 Å². The fraction of sp³-hybridized carbons (Fsp3) is 0.520. The Morgan fingerprint density at radius 1 is 0.781 bits per heavy atom. The van der Waals surface area contributed by atoms with Crippen LogP contribution in [0.3, 0.4) is 0 Å². The third kappa shape index (κ3) is 10.7. The van der Waals surface area contributed by atoms with Gasteiger partial charge in [-0.15, -0.1) is 0 Å². The molecular formula is C25H35KO5S. The van der Waals surface area contributed by atoms with E-state index in [2.05, 4.69) is 6.92 Å². The summed E-state index contributed by atoms with van der Waals surface area (Å²) in [5, 5.41) is 12.7. The largest absolute Gasteiger partial charge is 1.00 e. The van der Waals surface area contributed by atoms with Gasteiger partial charge in [-0.25, -0.2) is 0 Å². The van der Waals surface area contributed by atoms with Gasteiger partial charge in [0.1, 0.15) is 16.4 Å². The topological polar surface area (TPSA) is 86.7 Å². The molecule has 7 heteroatoms. The van der Waals surface area contributed by atoms with Crippen LogP contribution in [0.2, 0.25) is 0 Å². The SMILES string of the molecule is CCCCCCCCCCCCCc1cccc(Oc2ccccc2S(=O)(=O)O)c1[O-].[K+]. The van der Waals surface area contributed by atoms with Gasteiger partial charge in [0.2, 0.25) is 0 Å². The summed E-state index contributed by atoms with van der Waals surface area (Å²) in [7, 11) is -4.44. The zero-order valence-corrected chi connectivity index (χ0v) is 23.5. The maximum Gasteiger partial charge on any atom is 1.00 e. The molecule has 0 radical (unpaired) electrons. The molecule has 1 N–H and O–H groups in total. The van der Waals surface area contributed by atoms with Crippen LogP contribution in [-0.2, 0) is 16.5 Å². The summed E-state index contributed by atoms with van der Waals surface area (Å²) in [6, 6.07) is 10.8. The van der Waals surface area contributed by atoms with E-state index in [1.54, 1.807) is 18.2 Å². The Hall–Kier alpha value is -0.414. The Morgan fingerprint density at radius 3 is 1.91 bits per heavy atom. The molecule has 2 aromatic carbocycles. The molecule has 0 unspecified atom stereocenters. The first-order valence-electron chi connectivity index (χ1n) is 11.5. The second-order valence-corrected chi connectivity index (χ2v) is 9.44. The number of hydrogen-bond acceptors (Lipinski definition) is 4. The van der Waals surface area contributed by atoms with Crippen LogP contribution in [0.1, 0.15) is 83.1 Å². The molecule has 0 aliphatic heterocycles. The van der Waals surface area contributed by atoms with E-state index in [9.17, 15) is 18.1 Å². The first kappa shape index (κ1) is 29.6. The molecule has 0 spiro atoms. The number of hydrogen-bond donors (Lipinski definition) is 1. The van der Waals surface area contributed by atoms with Crippen LogP contribution in [0.15, 0.2) is 47.4 Å². The summed E-state index contributed by atoms with van der Waals surface area (Å²) in [5.41, 5.74) is 0.665. The molecule has 0 aromatic heterocycles. The monoisotopic (exact) mass is 486 g/mol. The third-order valence-electron chi connectivity index (χ3n) is 5.46. The molecule has 172 valence electrons. The van der Waals surface area contributed by atoms with Crippen LogP contribution in [0, 0.1) is 0 Å². The van der Waals surface area contributed by atoms with E-state index in [1.165, 1.54) is 82.1 Å². The van der Waals surface area contributed by atoms with Crippen molar-refractivity contribution in [2.45, 2.75) is 88.9 Å². The molecule has 5 nitrogen and oxygen atoms in total. The molecule has 0 aliphatic carbocycles. The maximum atomic E-state index is 12.7. The zero-order chi connectivity index (χ0) is 22.5. The molecular weight excluding hydrogens is 451 g/mol. The number of unbranched alkanes of at least 4 members (excludes halogenated alkanes) is 10. The molecule has 2 rings (SSSR count). The quantitative estimate of drug-likeness (QED) is 0.236. The summed E-state index contributed by atoms with van der Waals surface area (Å²) in [6.45, 7) is 2.24. The van der Waals surface area contributed by atoms with Crippen molar-refractivity contribution in [2.24, 2.45) is 0 Å².